The molecule has 0 spiro atoms. The molecule has 2 N–H and O–H groups in total. The SMILES string of the molecule is O=C(O)/C=C/c1ccc(/C(=C(\c2ncccc2Cl)C2CCC2)c2ccc3n[nH]c(F)c3c2)cn1. The van der Waals surface area contributed by atoms with Gasteiger partial charge < -0.3 is 5.11 Å². The zero-order chi connectivity index (χ0) is 23.7. The number of nitrogens with zero attached hydrogens (tertiary/aromatic N) is 3. The van der Waals surface area contributed by atoms with E-state index in [9.17, 15) is 9.18 Å². The second kappa shape index (κ2) is 9.19. The van der Waals surface area contributed by atoms with Gasteiger partial charge in [0.25, 0.3) is 0 Å². The van der Waals surface area contributed by atoms with Crippen LogP contribution in [0.5, 0.6) is 0 Å². The van der Waals surface area contributed by atoms with Crippen molar-refractivity contribution in [2.75, 3.05) is 0 Å². The molecular weight excluding hydrogens is 455 g/mol. The van der Waals surface area contributed by atoms with Gasteiger partial charge in [0, 0.05) is 24.0 Å². The van der Waals surface area contributed by atoms with Crippen molar-refractivity contribution in [2.45, 2.75) is 19.3 Å². The maximum absolute atomic E-state index is 14.4. The summed E-state index contributed by atoms with van der Waals surface area (Å²) in [5.74, 6) is -1.29. The van der Waals surface area contributed by atoms with Crippen LogP contribution in [0.2, 0.25) is 5.02 Å². The molecule has 3 aromatic heterocycles. The van der Waals surface area contributed by atoms with Crippen LogP contribution >= 0.6 is 11.6 Å². The molecule has 0 atom stereocenters. The molecule has 34 heavy (non-hydrogen) atoms. The Bertz CT molecular complexity index is 1440. The number of aliphatic carboxylic acids is 1. The summed E-state index contributed by atoms with van der Waals surface area (Å²) >= 11 is 6.61. The van der Waals surface area contributed by atoms with Crippen LogP contribution in [0.3, 0.4) is 0 Å². The normalized spacial score (nSPS) is 14.9. The van der Waals surface area contributed by atoms with Crippen molar-refractivity contribution in [2.24, 2.45) is 5.92 Å². The molecule has 0 bridgehead atoms. The Labute approximate surface area is 199 Å². The van der Waals surface area contributed by atoms with E-state index in [4.69, 9.17) is 16.7 Å². The molecule has 6 nitrogen and oxygen atoms in total. The minimum absolute atomic E-state index is 0.249. The molecular formula is C26H20ClFN4O2. The Kier molecular flexibility index (Phi) is 5.94. The summed E-state index contributed by atoms with van der Waals surface area (Å²) in [4.78, 5) is 19.9. The first kappa shape index (κ1) is 22.0. The van der Waals surface area contributed by atoms with E-state index >= 15 is 0 Å². The third-order valence-corrected chi connectivity index (χ3v) is 6.37. The van der Waals surface area contributed by atoms with Gasteiger partial charge in [-0.15, -0.1) is 0 Å². The lowest BCUT2D eigenvalue weighted by Gasteiger charge is -2.31. The summed E-state index contributed by atoms with van der Waals surface area (Å²) in [6, 6.07) is 12.7. The van der Waals surface area contributed by atoms with E-state index in [0.29, 0.717) is 27.3 Å². The Hall–Kier alpha value is -3.84. The van der Waals surface area contributed by atoms with Crippen LogP contribution in [0.4, 0.5) is 4.39 Å². The number of rotatable bonds is 6. The quantitative estimate of drug-likeness (QED) is 0.334. The second-order valence-corrected chi connectivity index (χ2v) is 8.57. The van der Waals surface area contributed by atoms with Crippen molar-refractivity contribution in [3.8, 4) is 0 Å². The van der Waals surface area contributed by atoms with Crippen LogP contribution < -0.4 is 0 Å². The molecule has 1 fully saturated rings. The van der Waals surface area contributed by atoms with Crippen molar-refractivity contribution in [1.82, 2.24) is 20.2 Å². The maximum Gasteiger partial charge on any atom is 0.328 e. The average molecular weight is 475 g/mol. The number of allylic oxidation sites excluding steroid dienone is 1. The van der Waals surface area contributed by atoms with Gasteiger partial charge in [0.1, 0.15) is 0 Å². The molecule has 3 heterocycles. The first-order chi connectivity index (χ1) is 16.5. The number of carboxylic acids is 1. The number of carbonyl (C=O) groups is 1. The van der Waals surface area contributed by atoms with Gasteiger partial charge in [-0.3, -0.25) is 15.1 Å². The van der Waals surface area contributed by atoms with E-state index in [1.165, 1.54) is 6.08 Å². The van der Waals surface area contributed by atoms with E-state index in [1.807, 2.05) is 18.2 Å². The number of pyridine rings is 2. The lowest BCUT2D eigenvalue weighted by Crippen LogP contribution is -2.16. The summed E-state index contributed by atoms with van der Waals surface area (Å²) in [5, 5.41) is 16.2. The number of benzene rings is 1. The summed E-state index contributed by atoms with van der Waals surface area (Å²) in [6.45, 7) is 0. The highest BCUT2D eigenvalue weighted by molar-refractivity contribution is 6.32. The maximum atomic E-state index is 14.4. The minimum atomic E-state index is -1.04. The standard InChI is InChI=1S/C26H20ClFN4O2/c27-20-5-2-12-29-25(20)24(15-3-1-4-15)23(16-7-10-21-19(13-16)26(28)32-31-21)17-6-8-18(30-14-17)9-11-22(33)34/h2,5-15H,1,3-4H2,(H,31,32)(H,33,34)/b11-9+,24-23-. The van der Waals surface area contributed by atoms with E-state index in [-0.39, 0.29) is 5.92 Å². The van der Waals surface area contributed by atoms with Crippen LogP contribution in [0, 0.1) is 11.9 Å². The van der Waals surface area contributed by atoms with Gasteiger partial charge in [-0.25, -0.2) is 4.79 Å². The third-order valence-electron chi connectivity index (χ3n) is 6.06. The number of carboxylic acid groups (broad SMARTS) is 1. The van der Waals surface area contributed by atoms with Crippen LogP contribution in [0.1, 0.15) is 41.8 Å². The molecule has 4 aromatic rings. The van der Waals surface area contributed by atoms with Gasteiger partial charge >= 0.3 is 5.97 Å². The van der Waals surface area contributed by atoms with E-state index in [0.717, 1.165) is 47.6 Å². The fraction of sp³-hybridized carbons (Fsp3) is 0.154. The lowest BCUT2D eigenvalue weighted by atomic mass is 9.74. The molecule has 1 aliphatic carbocycles. The van der Waals surface area contributed by atoms with Crippen LogP contribution in [0.15, 0.2) is 60.9 Å². The van der Waals surface area contributed by atoms with Crippen LogP contribution in [0.25, 0.3) is 28.1 Å². The predicted molar refractivity (Wildman–Crippen MR) is 129 cm³/mol. The fourth-order valence-electron chi connectivity index (χ4n) is 4.22. The molecule has 0 amide bonds. The zero-order valence-corrected chi connectivity index (χ0v) is 18.8. The monoisotopic (exact) mass is 474 g/mol. The second-order valence-electron chi connectivity index (χ2n) is 8.16. The number of nitrogens with one attached hydrogen (secondary N) is 1. The average Bonchev–Trinajstić information content (AvgIpc) is 3.17. The molecule has 1 aliphatic rings. The molecule has 5 rings (SSSR count). The number of halogens is 2. The van der Waals surface area contributed by atoms with E-state index in [2.05, 4.69) is 20.2 Å². The number of aromatic amines is 1. The molecule has 0 radical (unpaired) electrons. The van der Waals surface area contributed by atoms with Gasteiger partial charge in [-0.2, -0.15) is 9.49 Å². The highest BCUT2D eigenvalue weighted by atomic mass is 35.5. The lowest BCUT2D eigenvalue weighted by molar-refractivity contribution is -0.131. The molecule has 0 saturated heterocycles. The van der Waals surface area contributed by atoms with Crippen LogP contribution in [-0.2, 0) is 4.79 Å². The smallest absolute Gasteiger partial charge is 0.328 e. The topological polar surface area (TPSA) is 91.8 Å². The van der Waals surface area contributed by atoms with Crippen LogP contribution in [-0.4, -0.2) is 31.2 Å². The molecule has 1 saturated carbocycles. The van der Waals surface area contributed by atoms with Crippen molar-refractivity contribution in [3.05, 3.63) is 94.4 Å². The van der Waals surface area contributed by atoms with Crippen molar-refractivity contribution in [1.29, 1.82) is 0 Å². The number of hydrogen-bond donors (Lipinski definition) is 2. The molecule has 170 valence electrons. The van der Waals surface area contributed by atoms with E-state index in [1.54, 1.807) is 36.7 Å². The first-order valence-corrected chi connectivity index (χ1v) is 11.3. The fourth-order valence-corrected chi connectivity index (χ4v) is 4.44. The first-order valence-electron chi connectivity index (χ1n) is 10.9. The van der Waals surface area contributed by atoms with E-state index < -0.39 is 11.9 Å². The highest BCUT2D eigenvalue weighted by Gasteiger charge is 2.29. The van der Waals surface area contributed by atoms with Gasteiger partial charge in [-0.1, -0.05) is 30.2 Å². The number of fused-ring (bicyclic) bond motifs is 1. The molecule has 8 heteroatoms. The Morgan fingerprint density at radius 3 is 2.65 bits per heavy atom. The zero-order valence-electron chi connectivity index (χ0n) is 18.0. The number of H-pyrrole nitrogens is 1. The highest BCUT2D eigenvalue weighted by Crippen LogP contribution is 2.46. The Morgan fingerprint density at radius 1 is 1.15 bits per heavy atom. The predicted octanol–water partition coefficient (Wildman–Crippen LogP) is 6.00. The van der Waals surface area contributed by atoms with Gasteiger partial charge in [-0.05, 0) is 71.9 Å². The Morgan fingerprint density at radius 2 is 1.97 bits per heavy atom. The number of aromatic nitrogens is 4. The van der Waals surface area contributed by atoms with Crippen molar-refractivity contribution in [3.63, 3.8) is 0 Å². The van der Waals surface area contributed by atoms with Gasteiger partial charge in [0.2, 0.25) is 5.95 Å². The van der Waals surface area contributed by atoms with Crippen molar-refractivity contribution >= 4 is 45.7 Å². The minimum Gasteiger partial charge on any atom is -0.478 e. The summed E-state index contributed by atoms with van der Waals surface area (Å²) < 4.78 is 14.4. The summed E-state index contributed by atoms with van der Waals surface area (Å²) in [7, 11) is 0. The third kappa shape index (κ3) is 4.22. The molecule has 1 aromatic carbocycles. The largest absolute Gasteiger partial charge is 0.478 e. The summed E-state index contributed by atoms with van der Waals surface area (Å²) in [6.07, 6.45) is 9.00. The molecule has 0 aliphatic heterocycles. The van der Waals surface area contributed by atoms with Crippen molar-refractivity contribution < 1.29 is 14.3 Å². The summed E-state index contributed by atoms with van der Waals surface area (Å²) in [5.41, 5.74) is 5.22. The van der Waals surface area contributed by atoms with Gasteiger partial charge in [0.15, 0.2) is 0 Å². The van der Waals surface area contributed by atoms with Gasteiger partial charge in [0.05, 0.1) is 27.3 Å². The molecule has 0 unspecified atom stereocenters. The number of hydrogen-bond acceptors (Lipinski definition) is 4. The Balaban J connectivity index is 1.76.